The van der Waals surface area contributed by atoms with Crippen molar-refractivity contribution >= 4 is 17.7 Å². The maximum atomic E-state index is 11.8. The third kappa shape index (κ3) is 5.25. The molecule has 1 aliphatic rings. The molecule has 1 aliphatic heterocycles. The predicted molar refractivity (Wildman–Crippen MR) is 71.3 cm³/mol. The summed E-state index contributed by atoms with van der Waals surface area (Å²) in [5, 5.41) is 15.4. The van der Waals surface area contributed by atoms with Crippen LogP contribution in [0.15, 0.2) is 0 Å². The highest BCUT2D eigenvalue weighted by molar-refractivity contribution is 7.99. The van der Waals surface area contributed by atoms with Gasteiger partial charge in [0.15, 0.2) is 0 Å². The van der Waals surface area contributed by atoms with Gasteiger partial charge in [0.05, 0.1) is 13.2 Å². The van der Waals surface area contributed by atoms with Crippen molar-refractivity contribution < 1.29 is 9.90 Å². The van der Waals surface area contributed by atoms with Gasteiger partial charge in [0.2, 0.25) is 5.91 Å². The summed E-state index contributed by atoms with van der Waals surface area (Å²) < 4.78 is 0. The molecule has 0 aromatic heterocycles. The second kappa shape index (κ2) is 7.92. The molecule has 5 nitrogen and oxygen atoms in total. The Kier molecular flexibility index (Phi) is 6.87. The molecule has 0 saturated carbocycles. The maximum Gasteiger partial charge on any atom is 0.234 e. The fourth-order valence-corrected chi connectivity index (χ4v) is 2.53. The molecule has 0 radical (unpaired) electrons. The van der Waals surface area contributed by atoms with Crippen molar-refractivity contribution in [1.82, 2.24) is 15.5 Å². The number of rotatable bonds is 6. The second-order valence-electron chi connectivity index (χ2n) is 4.34. The Balaban J connectivity index is 2.27. The van der Waals surface area contributed by atoms with E-state index in [0.29, 0.717) is 6.54 Å². The van der Waals surface area contributed by atoms with Crippen LogP contribution >= 0.6 is 11.8 Å². The van der Waals surface area contributed by atoms with Crippen LogP contribution in [0.25, 0.3) is 0 Å². The van der Waals surface area contributed by atoms with Crippen LogP contribution in [0.4, 0.5) is 0 Å². The van der Waals surface area contributed by atoms with Crippen molar-refractivity contribution in [3.8, 4) is 0 Å². The molecule has 1 fully saturated rings. The van der Waals surface area contributed by atoms with Gasteiger partial charge in [-0.3, -0.25) is 9.69 Å². The number of nitrogens with one attached hydrogen (secondary N) is 2. The van der Waals surface area contributed by atoms with Gasteiger partial charge in [-0.05, 0) is 13.2 Å². The summed E-state index contributed by atoms with van der Waals surface area (Å²) in [4.78, 5) is 13.9. The molecule has 1 saturated heterocycles. The summed E-state index contributed by atoms with van der Waals surface area (Å²) >= 11 is 1.58. The first-order valence-corrected chi connectivity index (χ1v) is 7.32. The van der Waals surface area contributed by atoms with Gasteiger partial charge in [0, 0.05) is 37.5 Å². The van der Waals surface area contributed by atoms with Crippen molar-refractivity contribution in [2.45, 2.75) is 18.2 Å². The lowest BCUT2D eigenvalue weighted by Crippen LogP contribution is -2.50. The number of hydrogen-bond acceptors (Lipinski definition) is 5. The molecule has 0 aliphatic carbocycles. The lowest BCUT2D eigenvalue weighted by molar-refractivity contribution is -0.123. The van der Waals surface area contributed by atoms with Gasteiger partial charge in [-0.25, -0.2) is 0 Å². The molecule has 2 unspecified atom stereocenters. The van der Waals surface area contributed by atoms with E-state index in [2.05, 4.69) is 15.5 Å². The molecular weight excluding hydrogens is 238 g/mol. The Labute approximate surface area is 107 Å². The topological polar surface area (TPSA) is 64.6 Å². The zero-order chi connectivity index (χ0) is 12.7. The fourth-order valence-electron chi connectivity index (χ4n) is 1.90. The molecule has 6 heteroatoms. The van der Waals surface area contributed by atoms with E-state index in [0.717, 1.165) is 26.2 Å². The summed E-state index contributed by atoms with van der Waals surface area (Å²) in [6.07, 6.45) is 1.94. The van der Waals surface area contributed by atoms with Crippen LogP contribution in [-0.2, 0) is 4.79 Å². The largest absolute Gasteiger partial charge is 0.395 e. The molecule has 1 rings (SSSR count). The average Bonchev–Trinajstić information content (AvgIpc) is 2.31. The lowest BCUT2D eigenvalue weighted by atomic mass is 10.2. The van der Waals surface area contributed by atoms with Crippen LogP contribution in [0, 0.1) is 0 Å². The van der Waals surface area contributed by atoms with E-state index in [4.69, 9.17) is 5.11 Å². The summed E-state index contributed by atoms with van der Waals surface area (Å²) in [5.74, 6) is 0.0481. The molecular formula is C11H23N3O2S. The van der Waals surface area contributed by atoms with Crippen LogP contribution in [-0.4, -0.2) is 72.8 Å². The minimum absolute atomic E-state index is 0.00501. The maximum absolute atomic E-state index is 11.8. The summed E-state index contributed by atoms with van der Waals surface area (Å²) in [5.41, 5.74) is 0. The van der Waals surface area contributed by atoms with E-state index in [9.17, 15) is 4.79 Å². The van der Waals surface area contributed by atoms with Crippen LogP contribution in [0.3, 0.4) is 0 Å². The average molecular weight is 261 g/mol. The van der Waals surface area contributed by atoms with Crippen molar-refractivity contribution in [3.05, 3.63) is 0 Å². The molecule has 0 aromatic rings. The van der Waals surface area contributed by atoms with Gasteiger partial charge >= 0.3 is 0 Å². The smallest absolute Gasteiger partial charge is 0.234 e. The Hall–Kier alpha value is -0.300. The number of amides is 1. The first kappa shape index (κ1) is 14.8. The van der Waals surface area contributed by atoms with Gasteiger partial charge in [0.1, 0.15) is 0 Å². The van der Waals surface area contributed by atoms with Gasteiger partial charge in [-0.15, -0.1) is 0 Å². The predicted octanol–water partition coefficient (Wildman–Crippen LogP) is -0.880. The summed E-state index contributed by atoms with van der Waals surface area (Å²) in [6, 6.07) is 0.00501. The summed E-state index contributed by atoms with van der Waals surface area (Å²) in [7, 11) is 0. The zero-order valence-electron chi connectivity index (χ0n) is 10.6. The Bertz CT molecular complexity index is 231. The first-order chi connectivity index (χ1) is 8.17. The lowest BCUT2D eigenvalue weighted by Gasteiger charge is -2.28. The summed E-state index contributed by atoms with van der Waals surface area (Å²) in [6.45, 7) is 6.24. The zero-order valence-corrected chi connectivity index (χ0v) is 11.4. The number of piperazine rings is 1. The van der Waals surface area contributed by atoms with Gasteiger partial charge in [-0.2, -0.15) is 11.8 Å². The quantitative estimate of drug-likeness (QED) is 0.579. The highest BCUT2D eigenvalue weighted by atomic mass is 32.2. The SMILES string of the molecule is CSC(CO)C(C)NC(=O)CN1CCNCC1. The number of carbonyl (C=O) groups excluding carboxylic acids is 1. The molecule has 17 heavy (non-hydrogen) atoms. The number of carbonyl (C=O) groups is 1. The molecule has 2 atom stereocenters. The standard InChI is InChI=1S/C11H23N3O2S/c1-9(10(8-15)17-2)13-11(16)7-14-5-3-12-4-6-14/h9-10,12,15H,3-8H2,1-2H3,(H,13,16). The van der Waals surface area contributed by atoms with E-state index in [1.807, 2.05) is 13.2 Å². The van der Waals surface area contributed by atoms with Crippen molar-refractivity contribution in [1.29, 1.82) is 0 Å². The van der Waals surface area contributed by atoms with E-state index >= 15 is 0 Å². The number of nitrogens with zero attached hydrogens (tertiary/aromatic N) is 1. The Morgan fingerprint density at radius 2 is 2.18 bits per heavy atom. The highest BCUT2D eigenvalue weighted by Gasteiger charge is 2.19. The Morgan fingerprint density at radius 3 is 2.71 bits per heavy atom. The highest BCUT2D eigenvalue weighted by Crippen LogP contribution is 2.10. The van der Waals surface area contributed by atoms with Gasteiger partial charge in [0.25, 0.3) is 0 Å². The first-order valence-electron chi connectivity index (χ1n) is 6.03. The fraction of sp³-hybridized carbons (Fsp3) is 0.909. The van der Waals surface area contributed by atoms with Crippen LogP contribution < -0.4 is 10.6 Å². The third-order valence-electron chi connectivity index (χ3n) is 3.01. The van der Waals surface area contributed by atoms with Crippen LogP contribution in [0.1, 0.15) is 6.92 Å². The molecule has 3 N–H and O–H groups in total. The molecule has 100 valence electrons. The van der Waals surface area contributed by atoms with E-state index in [-0.39, 0.29) is 23.8 Å². The van der Waals surface area contributed by atoms with Crippen LogP contribution in [0.5, 0.6) is 0 Å². The number of hydrogen-bond donors (Lipinski definition) is 3. The van der Waals surface area contributed by atoms with Crippen molar-refractivity contribution in [2.75, 3.05) is 45.6 Å². The molecule has 0 spiro atoms. The number of thioether (sulfide) groups is 1. The normalized spacial score (nSPS) is 20.9. The van der Waals surface area contributed by atoms with E-state index in [1.165, 1.54) is 0 Å². The molecule has 1 heterocycles. The van der Waals surface area contributed by atoms with E-state index in [1.54, 1.807) is 11.8 Å². The van der Waals surface area contributed by atoms with Crippen molar-refractivity contribution in [2.24, 2.45) is 0 Å². The second-order valence-corrected chi connectivity index (χ2v) is 5.42. The van der Waals surface area contributed by atoms with E-state index < -0.39 is 0 Å². The van der Waals surface area contributed by atoms with Crippen molar-refractivity contribution in [3.63, 3.8) is 0 Å². The minimum atomic E-state index is 0.00501. The molecule has 0 aromatic carbocycles. The monoisotopic (exact) mass is 261 g/mol. The third-order valence-corrected chi connectivity index (χ3v) is 4.17. The number of aliphatic hydroxyl groups is 1. The van der Waals surface area contributed by atoms with Gasteiger partial charge in [-0.1, -0.05) is 0 Å². The Morgan fingerprint density at radius 1 is 1.53 bits per heavy atom. The number of aliphatic hydroxyl groups excluding tert-OH is 1. The minimum Gasteiger partial charge on any atom is -0.395 e. The van der Waals surface area contributed by atoms with Crippen LogP contribution in [0.2, 0.25) is 0 Å². The molecule has 0 bridgehead atoms. The molecule has 1 amide bonds. The van der Waals surface area contributed by atoms with Gasteiger partial charge < -0.3 is 15.7 Å².